The number of benzene rings is 2. The van der Waals surface area contributed by atoms with Gasteiger partial charge in [0, 0.05) is 18.7 Å². The third-order valence-electron chi connectivity index (χ3n) is 8.54. The number of carbonyl (C=O) groups excluding carboxylic acids is 1. The second kappa shape index (κ2) is 11.9. The molecule has 0 aromatic heterocycles. The Labute approximate surface area is 232 Å². The van der Waals surface area contributed by atoms with E-state index < -0.39 is 22.4 Å². The van der Waals surface area contributed by atoms with Crippen LogP contribution >= 0.6 is 12.4 Å². The first kappa shape index (κ1) is 29.7. The summed E-state index contributed by atoms with van der Waals surface area (Å²) in [4.78, 5) is 27.9. The number of carbonyl (C=O) groups is 2. The number of aliphatic carboxylic acids is 1. The number of Topliss-reactive ketones (excluding diaryl/α,β-unsaturated/α-hetero) is 1. The average Bonchev–Trinajstić information content (AvgIpc) is 2.93. The molecule has 2 atom stereocenters. The zero-order valence-electron chi connectivity index (χ0n) is 22.6. The lowest BCUT2D eigenvalue weighted by atomic mass is 9.59. The monoisotopic (exact) mass is 537 g/mol. The molecule has 0 bridgehead atoms. The van der Waals surface area contributed by atoms with Crippen LogP contribution in [0.5, 0.6) is 0 Å². The van der Waals surface area contributed by atoms with Crippen LogP contribution in [-0.2, 0) is 15.2 Å². The second-order valence-electron chi connectivity index (χ2n) is 10.9. The van der Waals surface area contributed by atoms with Gasteiger partial charge in [-0.2, -0.15) is 0 Å². The van der Waals surface area contributed by atoms with Crippen molar-refractivity contribution >= 4 is 24.2 Å². The number of carboxylic acid groups (broad SMARTS) is 1. The summed E-state index contributed by atoms with van der Waals surface area (Å²) in [5.41, 5.74) is -0.941. The van der Waals surface area contributed by atoms with Crippen LogP contribution in [0.2, 0.25) is 0 Å². The molecule has 1 heterocycles. The van der Waals surface area contributed by atoms with Gasteiger partial charge in [0.25, 0.3) is 0 Å². The maximum Gasteiger partial charge on any atom is 0.310 e. The van der Waals surface area contributed by atoms with E-state index in [1.165, 1.54) is 0 Å². The number of aliphatic hydroxyl groups is 1. The van der Waals surface area contributed by atoms with Gasteiger partial charge < -0.3 is 15.1 Å². The van der Waals surface area contributed by atoms with Gasteiger partial charge in [-0.3, -0.25) is 9.59 Å². The van der Waals surface area contributed by atoms with Crippen LogP contribution in [0, 0.1) is 10.8 Å². The smallest absolute Gasteiger partial charge is 0.310 e. The van der Waals surface area contributed by atoms with E-state index in [2.05, 4.69) is 4.90 Å². The number of carboxylic acids is 1. The molecule has 2 aromatic carbocycles. The van der Waals surface area contributed by atoms with Crippen molar-refractivity contribution < 1.29 is 19.8 Å². The largest absolute Gasteiger partial charge is 0.481 e. The fourth-order valence-electron chi connectivity index (χ4n) is 6.11. The van der Waals surface area contributed by atoms with E-state index in [0.717, 1.165) is 42.6 Å². The van der Waals surface area contributed by atoms with Crippen molar-refractivity contribution in [2.45, 2.75) is 70.9 Å². The molecule has 4 rings (SSSR count). The molecular formula is C32H40ClNO4. The van der Waals surface area contributed by atoms with Crippen LogP contribution in [0.15, 0.2) is 84.6 Å². The first-order chi connectivity index (χ1) is 17.7. The number of likely N-dealkylation sites (tertiary alicyclic amines) is 1. The normalized spacial score (nSPS) is 21.8. The molecule has 2 aromatic rings. The summed E-state index contributed by atoms with van der Waals surface area (Å²) in [6.07, 6.45) is 9.95. The fraction of sp³-hybridized carbons (Fsp3) is 0.438. The predicted molar refractivity (Wildman–Crippen MR) is 153 cm³/mol. The van der Waals surface area contributed by atoms with Crippen LogP contribution in [0.3, 0.4) is 0 Å². The minimum atomic E-state index is -1.24. The van der Waals surface area contributed by atoms with Crippen molar-refractivity contribution in [3.63, 3.8) is 0 Å². The number of hydrogen-bond donors (Lipinski definition) is 2. The lowest BCUT2D eigenvalue weighted by Gasteiger charge is -2.49. The van der Waals surface area contributed by atoms with E-state index in [4.69, 9.17) is 0 Å². The lowest BCUT2D eigenvalue weighted by Crippen LogP contribution is -2.54. The van der Waals surface area contributed by atoms with Crippen molar-refractivity contribution in [3.8, 4) is 0 Å². The summed E-state index contributed by atoms with van der Waals surface area (Å²) in [5.74, 6) is -1.01. The van der Waals surface area contributed by atoms with Crippen molar-refractivity contribution in [2.75, 3.05) is 6.54 Å². The van der Waals surface area contributed by atoms with E-state index in [9.17, 15) is 19.8 Å². The summed E-state index contributed by atoms with van der Waals surface area (Å²) in [7, 11) is 0. The molecule has 6 heteroatoms. The molecule has 1 fully saturated rings. The van der Waals surface area contributed by atoms with E-state index >= 15 is 0 Å². The Hall–Kier alpha value is -2.89. The maximum absolute atomic E-state index is 13.4. The number of hydrogen-bond acceptors (Lipinski definition) is 4. The molecule has 38 heavy (non-hydrogen) atoms. The third-order valence-corrected chi connectivity index (χ3v) is 8.54. The van der Waals surface area contributed by atoms with Crippen LogP contribution in [0.1, 0.15) is 70.4 Å². The van der Waals surface area contributed by atoms with Crippen molar-refractivity contribution in [2.24, 2.45) is 10.8 Å². The highest BCUT2D eigenvalue weighted by molar-refractivity contribution is 5.94. The van der Waals surface area contributed by atoms with Crippen LogP contribution in [0.25, 0.3) is 0 Å². The minimum Gasteiger partial charge on any atom is -0.481 e. The topological polar surface area (TPSA) is 77.8 Å². The lowest BCUT2D eigenvalue weighted by molar-refractivity contribution is -0.158. The van der Waals surface area contributed by atoms with Gasteiger partial charge in [-0.1, -0.05) is 79.7 Å². The molecule has 0 spiro atoms. The highest BCUT2D eigenvalue weighted by Gasteiger charge is 2.53. The SMILES string of the molecule is CCCC(=O)C1(C(C)(C)C(=O)O)C=CC(N2CCCCC2C(O)(c2ccccc2)c2ccccc2)=CC1.Cl. The van der Waals surface area contributed by atoms with E-state index in [1.807, 2.05) is 85.8 Å². The Morgan fingerprint density at radius 2 is 1.58 bits per heavy atom. The van der Waals surface area contributed by atoms with Crippen molar-refractivity contribution in [1.29, 1.82) is 0 Å². The molecule has 0 saturated carbocycles. The minimum absolute atomic E-state index is 0. The van der Waals surface area contributed by atoms with Gasteiger partial charge in [-0.05, 0) is 63.2 Å². The fourth-order valence-corrected chi connectivity index (χ4v) is 6.11. The number of nitrogens with zero attached hydrogens (tertiary/aromatic N) is 1. The molecule has 2 unspecified atom stereocenters. The number of rotatable bonds is 9. The van der Waals surface area contributed by atoms with E-state index in [1.54, 1.807) is 13.8 Å². The standard InChI is InChI=1S/C32H39NO4.ClH/c1-4-13-28(34)31(30(2,3)29(35)36)21-19-26(20-22-31)33-23-12-11-18-27(33)32(37,24-14-7-5-8-15-24)25-16-9-6-10-17-25;/h5-10,14-17,19-21,27,37H,4,11-13,18,22-23H2,1-3H3,(H,35,36);1H. The molecule has 1 aliphatic carbocycles. The number of halogens is 1. The Morgan fingerprint density at radius 1 is 1.00 bits per heavy atom. The summed E-state index contributed by atoms with van der Waals surface area (Å²) in [6, 6.07) is 19.4. The van der Waals surface area contributed by atoms with Gasteiger partial charge in [0.05, 0.1) is 16.9 Å². The number of allylic oxidation sites excluding steroid dienone is 3. The van der Waals surface area contributed by atoms with Crippen LogP contribution < -0.4 is 0 Å². The molecule has 1 saturated heterocycles. The quantitative estimate of drug-likeness (QED) is 0.381. The molecule has 204 valence electrons. The van der Waals surface area contributed by atoms with Gasteiger partial charge in [-0.25, -0.2) is 0 Å². The van der Waals surface area contributed by atoms with Gasteiger partial charge in [0.1, 0.15) is 11.4 Å². The van der Waals surface area contributed by atoms with Crippen LogP contribution in [-0.4, -0.2) is 39.5 Å². The van der Waals surface area contributed by atoms with E-state index in [0.29, 0.717) is 19.3 Å². The van der Waals surface area contributed by atoms with Crippen molar-refractivity contribution in [1.82, 2.24) is 4.90 Å². The summed E-state index contributed by atoms with van der Waals surface area (Å²) >= 11 is 0. The van der Waals surface area contributed by atoms with Gasteiger partial charge in [0.2, 0.25) is 0 Å². The van der Waals surface area contributed by atoms with E-state index in [-0.39, 0.29) is 24.2 Å². The first-order valence-corrected chi connectivity index (χ1v) is 13.4. The van der Waals surface area contributed by atoms with Gasteiger partial charge >= 0.3 is 5.97 Å². The molecule has 2 aliphatic rings. The Morgan fingerprint density at radius 3 is 2.05 bits per heavy atom. The summed E-state index contributed by atoms with van der Waals surface area (Å²) in [6.45, 7) is 6.03. The molecule has 2 N–H and O–H groups in total. The average molecular weight is 538 g/mol. The second-order valence-corrected chi connectivity index (χ2v) is 10.9. The predicted octanol–water partition coefficient (Wildman–Crippen LogP) is 6.51. The molecular weight excluding hydrogens is 498 g/mol. The highest BCUT2D eigenvalue weighted by atomic mass is 35.5. The van der Waals surface area contributed by atoms with Crippen molar-refractivity contribution in [3.05, 3.63) is 95.7 Å². The summed E-state index contributed by atoms with van der Waals surface area (Å²) in [5, 5.41) is 22.6. The molecule has 0 radical (unpaired) electrons. The zero-order valence-corrected chi connectivity index (χ0v) is 23.4. The Bertz CT molecular complexity index is 1130. The maximum atomic E-state index is 13.4. The highest BCUT2D eigenvalue weighted by Crippen LogP contribution is 2.49. The number of ketones is 1. The number of piperidine rings is 1. The van der Waals surface area contributed by atoms with Crippen LogP contribution in [0.4, 0.5) is 0 Å². The van der Waals surface area contributed by atoms with Gasteiger partial charge in [0.15, 0.2) is 0 Å². The molecule has 1 aliphatic heterocycles. The third kappa shape index (κ3) is 5.06. The first-order valence-electron chi connectivity index (χ1n) is 13.4. The zero-order chi connectivity index (χ0) is 26.7. The molecule has 5 nitrogen and oxygen atoms in total. The summed E-state index contributed by atoms with van der Waals surface area (Å²) < 4.78 is 0. The van der Waals surface area contributed by atoms with Gasteiger partial charge in [-0.15, -0.1) is 12.4 Å². The Kier molecular flexibility index (Phi) is 9.27. The Balaban J connectivity index is 0.00000400. The molecule has 0 amide bonds.